The summed E-state index contributed by atoms with van der Waals surface area (Å²) in [5, 5.41) is 30.0. The lowest BCUT2D eigenvalue weighted by atomic mass is 9.67. The molecule has 1 aromatic carbocycles. The first-order valence-electron chi connectivity index (χ1n) is 13.1. The van der Waals surface area contributed by atoms with E-state index in [4.69, 9.17) is 9.85 Å². The van der Waals surface area contributed by atoms with E-state index in [9.17, 15) is 5.11 Å². The molecule has 0 amide bonds. The van der Waals surface area contributed by atoms with Crippen molar-refractivity contribution in [2.24, 2.45) is 26.4 Å². The first-order chi connectivity index (χ1) is 16.4. The average molecular weight is 465 g/mol. The van der Waals surface area contributed by atoms with Gasteiger partial charge in [-0.15, -0.1) is 5.11 Å². The number of unbranched alkanes of at least 4 members (excludes halogenated alkanes) is 2. The smallest absolute Gasteiger partial charge is 0.155 e. The Hall–Kier alpha value is -2.50. The van der Waals surface area contributed by atoms with Crippen LogP contribution >= 0.6 is 0 Å². The Kier molecular flexibility index (Phi) is 7.54. The van der Waals surface area contributed by atoms with Crippen LogP contribution in [0.2, 0.25) is 0 Å². The first-order valence-corrected chi connectivity index (χ1v) is 13.1. The highest BCUT2D eigenvalue weighted by Gasteiger charge is 2.47. The van der Waals surface area contributed by atoms with Crippen LogP contribution in [-0.4, -0.2) is 17.3 Å². The number of allylic oxidation sites excluding steroid dienone is 4. The molecule has 0 radical (unpaired) electrons. The molecule has 1 aromatic rings. The van der Waals surface area contributed by atoms with Gasteiger partial charge in [-0.2, -0.15) is 15.3 Å². The third kappa shape index (κ3) is 4.82. The maximum absolute atomic E-state index is 11.7. The number of benzene rings is 1. The van der Waals surface area contributed by atoms with Crippen LogP contribution < -0.4 is 4.74 Å². The van der Waals surface area contributed by atoms with E-state index in [1.165, 1.54) is 5.57 Å². The summed E-state index contributed by atoms with van der Waals surface area (Å²) in [4.78, 5) is 0. The van der Waals surface area contributed by atoms with Crippen LogP contribution in [-0.2, 0) is 6.42 Å². The van der Waals surface area contributed by atoms with E-state index in [1.807, 2.05) is 0 Å². The summed E-state index contributed by atoms with van der Waals surface area (Å²) in [6.07, 6.45) is 13.4. The summed E-state index contributed by atoms with van der Waals surface area (Å²) in [7, 11) is 0. The van der Waals surface area contributed by atoms with E-state index in [0.717, 1.165) is 80.3 Å². The van der Waals surface area contributed by atoms with Crippen molar-refractivity contribution in [1.82, 2.24) is 0 Å². The van der Waals surface area contributed by atoms with Crippen LogP contribution in [0.15, 0.2) is 43.9 Å². The van der Waals surface area contributed by atoms with E-state index in [1.54, 1.807) is 0 Å². The fraction of sp³-hybridized carbons (Fsp3) is 0.643. The molecular weight excluding hydrogens is 424 g/mol. The van der Waals surface area contributed by atoms with E-state index in [2.05, 4.69) is 62.1 Å². The van der Waals surface area contributed by atoms with Crippen LogP contribution in [0, 0.1) is 5.92 Å². The molecule has 0 fully saturated rings. The van der Waals surface area contributed by atoms with Crippen molar-refractivity contribution in [3.05, 3.63) is 34.5 Å². The summed E-state index contributed by atoms with van der Waals surface area (Å²) in [5.74, 6) is 1.23. The van der Waals surface area contributed by atoms with Gasteiger partial charge in [0.05, 0.1) is 12.2 Å². The van der Waals surface area contributed by atoms with Crippen molar-refractivity contribution in [3.63, 3.8) is 0 Å². The molecule has 6 nitrogen and oxygen atoms in total. The lowest BCUT2D eigenvalue weighted by molar-refractivity contribution is 0.0113. The number of hydrogen-bond donors (Lipinski definition) is 1. The topological polar surface area (TPSA) is 78.9 Å². The Bertz CT molecular complexity index is 1040. The van der Waals surface area contributed by atoms with E-state index in [0.29, 0.717) is 18.0 Å². The number of nitrogens with zero attached hydrogens (tertiary/aromatic N) is 4. The van der Waals surface area contributed by atoms with Crippen molar-refractivity contribution in [1.29, 1.82) is 0 Å². The number of phenols is 1. The largest absolute Gasteiger partial charge is 0.505 e. The van der Waals surface area contributed by atoms with Crippen molar-refractivity contribution in [3.8, 4) is 11.5 Å². The summed E-state index contributed by atoms with van der Waals surface area (Å²) < 4.78 is 6.71. The molecule has 0 unspecified atom stereocenters. The van der Waals surface area contributed by atoms with Gasteiger partial charge in [0.2, 0.25) is 0 Å². The van der Waals surface area contributed by atoms with Crippen molar-refractivity contribution in [2.75, 3.05) is 6.54 Å². The number of ether oxygens (including phenoxy) is 1. The molecular formula is C28H40N4O2. The fourth-order valence-electron chi connectivity index (χ4n) is 5.34. The van der Waals surface area contributed by atoms with Crippen molar-refractivity contribution in [2.45, 2.75) is 104 Å². The second-order valence-electron chi connectivity index (χ2n) is 10.5. The Labute approximate surface area is 204 Å². The molecule has 0 bridgehead atoms. The van der Waals surface area contributed by atoms with Gasteiger partial charge in [-0.05, 0) is 65.7 Å². The monoisotopic (exact) mass is 464 g/mol. The van der Waals surface area contributed by atoms with Gasteiger partial charge in [0.1, 0.15) is 17.0 Å². The summed E-state index contributed by atoms with van der Waals surface area (Å²) in [5.41, 5.74) is 4.99. The molecule has 0 spiro atoms. The van der Waals surface area contributed by atoms with Gasteiger partial charge in [0.15, 0.2) is 11.5 Å². The summed E-state index contributed by atoms with van der Waals surface area (Å²) in [6.45, 7) is 11.4. The van der Waals surface area contributed by atoms with E-state index >= 15 is 0 Å². The molecule has 2 atom stereocenters. The molecule has 6 heteroatoms. The Morgan fingerprint density at radius 2 is 1.85 bits per heavy atom. The molecule has 0 saturated heterocycles. The third-order valence-corrected chi connectivity index (χ3v) is 7.43. The molecule has 1 heterocycles. The van der Waals surface area contributed by atoms with Crippen LogP contribution in [0.25, 0.3) is 0 Å². The normalized spacial score (nSPS) is 23.2. The molecule has 1 N–H and O–H groups in total. The third-order valence-electron chi connectivity index (χ3n) is 7.43. The predicted molar refractivity (Wildman–Crippen MR) is 137 cm³/mol. The molecule has 34 heavy (non-hydrogen) atoms. The number of hydrogen-bond acceptors (Lipinski definition) is 6. The molecule has 4 rings (SSSR count). The van der Waals surface area contributed by atoms with Crippen LogP contribution in [0.5, 0.6) is 11.5 Å². The van der Waals surface area contributed by atoms with E-state index in [-0.39, 0.29) is 23.2 Å². The van der Waals surface area contributed by atoms with Gasteiger partial charge < -0.3 is 9.84 Å². The minimum absolute atomic E-state index is 0.0641. The number of aromatic hydroxyl groups is 1. The molecule has 0 aromatic heterocycles. The molecule has 0 saturated carbocycles. The van der Waals surface area contributed by atoms with Crippen molar-refractivity contribution < 1.29 is 9.84 Å². The quantitative estimate of drug-likeness (QED) is 0.225. The van der Waals surface area contributed by atoms with Gasteiger partial charge >= 0.3 is 0 Å². The van der Waals surface area contributed by atoms with Crippen LogP contribution in [0.1, 0.15) is 103 Å². The first kappa shape index (κ1) is 24.6. The zero-order chi connectivity index (χ0) is 24.3. The average Bonchev–Trinajstić information content (AvgIpc) is 2.75. The minimum atomic E-state index is -0.368. The van der Waals surface area contributed by atoms with Gasteiger partial charge in [-0.3, -0.25) is 0 Å². The predicted octanol–water partition coefficient (Wildman–Crippen LogP) is 8.99. The summed E-state index contributed by atoms with van der Waals surface area (Å²) in [6, 6.07) is 0. The van der Waals surface area contributed by atoms with Gasteiger partial charge in [-0.1, -0.05) is 44.4 Å². The Morgan fingerprint density at radius 1 is 1.06 bits per heavy atom. The molecule has 184 valence electrons. The van der Waals surface area contributed by atoms with Crippen molar-refractivity contribution >= 4 is 11.4 Å². The van der Waals surface area contributed by atoms with E-state index < -0.39 is 0 Å². The highest BCUT2D eigenvalue weighted by Crippen LogP contribution is 2.60. The highest BCUT2D eigenvalue weighted by atomic mass is 16.5. The van der Waals surface area contributed by atoms with Gasteiger partial charge in [0.25, 0.3) is 0 Å². The standard InChI is InChI=1S/C28H40N4O2/c1-6-8-9-13-20-24(31-29-16-7-2)26(33)23-21-17-18(3)14-15-22(21)28(4,5)34-27(23)25(20)32-30-19-11-10-12-19/h11,17,21-22,33H,6-10,12-16H2,1-5H3/b31-29+,32-30+/t21-,22-/m1/s1. The maximum Gasteiger partial charge on any atom is 0.155 e. The molecule has 3 aliphatic rings. The number of azo groups is 2. The number of phenolic OH excluding ortho intramolecular Hbond substituents is 1. The van der Waals surface area contributed by atoms with Gasteiger partial charge in [-0.25, -0.2) is 0 Å². The Balaban J connectivity index is 1.96. The van der Waals surface area contributed by atoms with Gasteiger partial charge in [0, 0.05) is 23.0 Å². The zero-order valence-electron chi connectivity index (χ0n) is 21.5. The molecule has 1 aliphatic heterocycles. The highest BCUT2D eigenvalue weighted by molar-refractivity contribution is 5.78. The fourth-order valence-corrected chi connectivity index (χ4v) is 5.34. The maximum atomic E-state index is 11.7. The second-order valence-corrected chi connectivity index (χ2v) is 10.5. The van der Waals surface area contributed by atoms with Crippen LogP contribution in [0.4, 0.5) is 11.4 Å². The molecule has 2 aliphatic carbocycles. The minimum Gasteiger partial charge on any atom is -0.505 e. The second kappa shape index (κ2) is 10.4. The number of rotatable bonds is 9. The van der Waals surface area contributed by atoms with Crippen LogP contribution in [0.3, 0.4) is 0 Å². The lowest BCUT2D eigenvalue weighted by Crippen LogP contribution is -2.45. The zero-order valence-corrected chi connectivity index (χ0v) is 21.5. The SMILES string of the molecule is CCCCCc1c(/N=N/CCC)c(O)c2c(c1/N=N/C1=CCC1)OC(C)(C)[C@@H]1CCC(C)=C[C@@H]21. The summed E-state index contributed by atoms with van der Waals surface area (Å²) >= 11 is 0. The number of fused-ring (bicyclic) bond motifs is 3. The Morgan fingerprint density at radius 3 is 2.53 bits per heavy atom. The lowest BCUT2D eigenvalue weighted by Gasteiger charge is -2.47.